The lowest BCUT2D eigenvalue weighted by molar-refractivity contribution is -0.138. The van der Waals surface area contributed by atoms with E-state index < -0.39 is 46.0 Å². The first-order chi connectivity index (χ1) is 17.0. The van der Waals surface area contributed by atoms with E-state index in [1.807, 2.05) is 0 Å². The Hall–Kier alpha value is -2.77. The van der Waals surface area contributed by atoms with Crippen LogP contribution < -0.4 is 10.1 Å². The molecule has 0 aliphatic carbocycles. The van der Waals surface area contributed by atoms with Gasteiger partial charge in [-0.1, -0.05) is 11.6 Å². The van der Waals surface area contributed by atoms with Crippen molar-refractivity contribution in [1.29, 1.82) is 0 Å². The van der Waals surface area contributed by atoms with Crippen LogP contribution in [0.3, 0.4) is 0 Å². The highest BCUT2D eigenvalue weighted by atomic mass is 35.5. The normalized spacial score (nSPS) is 16.4. The number of anilines is 1. The maximum absolute atomic E-state index is 15.2. The first-order valence-corrected chi connectivity index (χ1v) is 11.7. The third kappa shape index (κ3) is 5.79. The second kappa shape index (κ2) is 10.7. The highest BCUT2D eigenvalue weighted by Crippen LogP contribution is 2.39. The predicted molar refractivity (Wildman–Crippen MR) is 124 cm³/mol. The lowest BCUT2D eigenvalue weighted by Gasteiger charge is -2.32. The van der Waals surface area contributed by atoms with E-state index in [2.05, 4.69) is 37.2 Å². The summed E-state index contributed by atoms with van der Waals surface area (Å²) in [4.78, 5) is 12.3. The molecule has 2 aromatic heterocycles. The molecule has 0 radical (unpaired) electrons. The molecule has 0 amide bonds. The van der Waals surface area contributed by atoms with Gasteiger partial charge in [-0.05, 0) is 20.4 Å². The van der Waals surface area contributed by atoms with Crippen molar-refractivity contribution < 1.29 is 26.7 Å². The molecular weight excluding hydrogens is 509 g/mol. The van der Waals surface area contributed by atoms with Crippen molar-refractivity contribution in [2.45, 2.75) is 25.6 Å². The van der Waals surface area contributed by atoms with Crippen LogP contribution in [0.2, 0.25) is 5.15 Å². The van der Waals surface area contributed by atoms with Gasteiger partial charge >= 0.3 is 6.18 Å². The molecule has 0 bridgehead atoms. The highest BCUT2D eigenvalue weighted by Gasteiger charge is 2.37. The Bertz CT molecular complexity index is 1190. The van der Waals surface area contributed by atoms with Crippen molar-refractivity contribution >= 4 is 23.2 Å². The average molecular weight is 534 g/mol. The summed E-state index contributed by atoms with van der Waals surface area (Å²) >= 11 is 6.18. The van der Waals surface area contributed by atoms with Gasteiger partial charge in [0, 0.05) is 44.9 Å². The quantitative estimate of drug-likeness (QED) is 0.265. The summed E-state index contributed by atoms with van der Waals surface area (Å²) < 4.78 is 76.6. The molecule has 0 spiro atoms. The van der Waals surface area contributed by atoms with Crippen molar-refractivity contribution in [3.63, 3.8) is 0 Å². The number of ether oxygens (including phenoxy) is 1. The Morgan fingerprint density at radius 1 is 1.11 bits per heavy atom. The Balaban J connectivity index is 1.57. The van der Waals surface area contributed by atoms with Crippen LogP contribution in [0, 0.1) is 11.6 Å². The number of nitrogens with one attached hydrogen (secondary N) is 1. The molecule has 36 heavy (non-hydrogen) atoms. The van der Waals surface area contributed by atoms with Crippen LogP contribution in [0.25, 0.3) is 16.9 Å². The Labute approximate surface area is 209 Å². The molecule has 0 unspecified atom stereocenters. The molecule has 0 saturated carbocycles. The van der Waals surface area contributed by atoms with Gasteiger partial charge in [0.15, 0.2) is 0 Å². The SMILES string of the molecule is C[C@H](Nc1c(-c2c(F)cc(OCCCN3CCN(C)CC3)cc2F)c(Cl)nc2ncnn12)C(F)(F)F. The Morgan fingerprint density at radius 3 is 2.42 bits per heavy atom. The van der Waals surface area contributed by atoms with Gasteiger partial charge in [0.25, 0.3) is 5.78 Å². The number of hydrogen-bond donors (Lipinski definition) is 1. The van der Waals surface area contributed by atoms with E-state index in [0.717, 1.165) is 62.6 Å². The summed E-state index contributed by atoms with van der Waals surface area (Å²) in [6, 6.07) is -0.156. The molecule has 1 fully saturated rings. The minimum absolute atomic E-state index is 0.0452. The van der Waals surface area contributed by atoms with Gasteiger partial charge in [-0.3, -0.25) is 0 Å². The molecule has 3 heterocycles. The number of hydrogen-bond acceptors (Lipinski definition) is 7. The molecule has 8 nitrogen and oxygen atoms in total. The Kier molecular flexibility index (Phi) is 7.81. The topological polar surface area (TPSA) is 70.8 Å². The number of aromatic nitrogens is 4. The zero-order valence-corrected chi connectivity index (χ0v) is 20.4. The van der Waals surface area contributed by atoms with E-state index in [0.29, 0.717) is 6.42 Å². The fourth-order valence-corrected chi connectivity index (χ4v) is 4.14. The molecule has 1 atom stereocenters. The number of likely N-dealkylation sites (N-methyl/N-ethyl adjacent to an activating group) is 1. The number of halogens is 6. The Morgan fingerprint density at radius 2 is 1.78 bits per heavy atom. The predicted octanol–water partition coefficient (Wildman–Crippen LogP) is 4.10. The van der Waals surface area contributed by atoms with E-state index in [-0.39, 0.29) is 18.1 Å². The van der Waals surface area contributed by atoms with Crippen LogP contribution in [0.5, 0.6) is 5.75 Å². The number of benzene rings is 1. The largest absolute Gasteiger partial charge is 0.493 e. The fraction of sp³-hybridized carbons (Fsp3) is 0.500. The summed E-state index contributed by atoms with van der Waals surface area (Å²) in [5.41, 5.74) is -1.08. The minimum Gasteiger partial charge on any atom is -0.493 e. The standard InChI is InChI=1S/C22H25ClF5N7O/c1-13(22(26,27)28)31-20-18(19(23)32-21-29-12-30-35(20)21)17-15(24)10-14(11-16(17)25)36-9-3-4-34-7-5-33(2)6-8-34/h10-13,31H,3-9H2,1-2H3/t13-/m0/s1. The van der Waals surface area contributed by atoms with Gasteiger partial charge in [-0.2, -0.15) is 32.8 Å². The van der Waals surface area contributed by atoms with Crippen LogP contribution in [0.4, 0.5) is 27.8 Å². The highest BCUT2D eigenvalue weighted by molar-refractivity contribution is 6.33. The molecule has 4 rings (SSSR count). The van der Waals surface area contributed by atoms with Crippen LogP contribution in [0.1, 0.15) is 13.3 Å². The first-order valence-electron chi connectivity index (χ1n) is 11.3. The number of alkyl halides is 3. The van der Waals surface area contributed by atoms with Crippen molar-refractivity contribution in [3.05, 3.63) is 35.2 Å². The van der Waals surface area contributed by atoms with E-state index >= 15 is 8.78 Å². The number of rotatable bonds is 8. The van der Waals surface area contributed by atoms with Gasteiger partial charge in [0.2, 0.25) is 0 Å². The monoisotopic (exact) mass is 533 g/mol. The second-order valence-corrected chi connectivity index (χ2v) is 8.97. The average Bonchev–Trinajstić information content (AvgIpc) is 3.26. The summed E-state index contributed by atoms with van der Waals surface area (Å²) in [5, 5.41) is 5.59. The summed E-state index contributed by atoms with van der Waals surface area (Å²) in [5.74, 6) is -2.73. The van der Waals surface area contributed by atoms with E-state index in [9.17, 15) is 13.2 Å². The minimum atomic E-state index is -4.65. The van der Waals surface area contributed by atoms with Gasteiger partial charge in [0.05, 0.1) is 17.7 Å². The van der Waals surface area contributed by atoms with E-state index in [1.54, 1.807) is 0 Å². The van der Waals surface area contributed by atoms with Crippen molar-refractivity contribution in [3.8, 4) is 16.9 Å². The number of nitrogens with zero attached hydrogens (tertiary/aromatic N) is 6. The molecule has 1 aliphatic heterocycles. The lowest BCUT2D eigenvalue weighted by Crippen LogP contribution is -2.44. The third-order valence-electron chi connectivity index (χ3n) is 5.98. The van der Waals surface area contributed by atoms with Crippen LogP contribution in [-0.2, 0) is 0 Å². The molecule has 1 aliphatic rings. The smallest absolute Gasteiger partial charge is 0.408 e. The van der Waals surface area contributed by atoms with Crippen LogP contribution in [-0.4, -0.2) is 88.0 Å². The zero-order chi connectivity index (χ0) is 26.0. The molecule has 1 N–H and O–H groups in total. The maximum atomic E-state index is 15.2. The lowest BCUT2D eigenvalue weighted by atomic mass is 10.1. The number of piperazine rings is 1. The van der Waals surface area contributed by atoms with Crippen molar-refractivity contribution in [2.24, 2.45) is 0 Å². The second-order valence-electron chi connectivity index (χ2n) is 8.61. The van der Waals surface area contributed by atoms with Crippen molar-refractivity contribution in [2.75, 3.05) is 51.7 Å². The van der Waals surface area contributed by atoms with E-state index in [4.69, 9.17) is 16.3 Å². The molecule has 1 aromatic carbocycles. The fourth-order valence-electron chi connectivity index (χ4n) is 3.88. The maximum Gasteiger partial charge on any atom is 0.408 e. The molecule has 1 saturated heterocycles. The van der Waals surface area contributed by atoms with E-state index in [1.165, 1.54) is 0 Å². The van der Waals surface area contributed by atoms with Crippen LogP contribution >= 0.6 is 11.6 Å². The third-order valence-corrected chi connectivity index (χ3v) is 6.25. The van der Waals surface area contributed by atoms with Crippen LogP contribution in [0.15, 0.2) is 18.5 Å². The van der Waals surface area contributed by atoms with Gasteiger partial charge in [0.1, 0.15) is 40.7 Å². The zero-order valence-electron chi connectivity index (χ0n) is 19.6. The summed E-state index contributed by atoms with van der Waals surface area (Å²) in [6.07, 6.45) is -2.95. The molecule has 196 valence electrons. The summed E-state index contributed by atoms with van der Waals surface area (Å²) in [6.45, 7) is 5.75. The van der Waals surface area contributed by atoms with Gasteiger partial charge in [-0.25, -0.2) is 8.78 Å². The molecule has 3 aromatic rings. The molecule has 14 heteroatoms. The molecular formula is C22H25ClF5N7O. The van der Waals surface area contributed by atoms with Crippen molar-refractivity contribution in [1.82, 2.24) is 29.4 Å². The van der Waals surface area contributed by atoms with Gasteiger partial charge < -0.3 is 19.9 Å². The first kappa shape index (κ1) is 26.3. The van der Waals surface area contributed by atoms with Gasteiger partial charge in [-0.15, -0.1) is 0 Å². The summed E-state index contributed by atoms with van der Waals surface area (Å²) in [7, 11) is 2.07. The number of fused-ring (bicyclic) bond motifs is 1.